The van der Waals surface area contributed by atoms with Gasteiger partial charge in [0.05, 0.1) is 0 Å². The van der Waals surface area contributed by atoms with E-state index in [9.17, 15) is 14.4 Å². The minimum absolute atomic E-state index is 0.0270. The molecule has 1 rings (SSSR count). The molecule has 1 N–H and O–H groups in total. The number of carbonyl (C=O) groups is 3. The van der Waals surface area contributed by atoms with E-state index >= 15 is 0 Å². The second-order valence-electron chi connectivity index (χ2n) is 4.23. The van der Waals surface area contributed by atoms with Gasteiger partial charge in [0.25, 0.3) is 0 Å². The predicted molar refractivity (Wildman–Crippen MR) is 64.7 cm³/mol. The largest absolute Gasteiger partial charge is 0.480 e. The van der Waals surface area contributed by atoms with Crippen LogP contribution in [0.4, 0.5) is 0 Å². The molecule has 2 atom stereocenters. The van der Waals surface area contributed by atoms with E-state index < -0.39 is 12.0 Å². The molecule has 0 unspecified atom stereocenters. The second-order valence-corrected chi connectivity index (χ2v) is 5.43. The molecule has 1 heterocycles. The van der Waals surface area contributed by atoms with Gasteiger partial charge in [0.2, 0.25) is 5.91 Å². The van der Waals surface area contributed by atoms with Crippen LogP contribution in [0.1, 0.15) is 26.7 Å². The van der Waals surface area contributed by atoms with Crippen LogP contribution >= 0.6 is 11.8 Å². The van der Waals surface area contributed by atoms with Gasteiger partial charge in [-0.2, -0.15) is 0 Å². The van der Waals surface area contributed by atoms with Crippen molar-refractivity contribution in [2.24, 2.45) is 5.92 Å². The number of carbonyl (C=O) groups excluding carboxylic acids is 2. The summed E-state index contributed by atoms with van der Waals surface area (Å²) in [6.07, 6.45) is 1.25. The maximum absolute atomic E-state index is 12.0. The Labute approximate surface area is 105 Å². The Hall–Kier alpha value is -1.04. The maximum atomic E-state index is 12.0. The summed E-state index contributed by atoms with van der Waals surface area (Å²) in [4.78, 5) is 35.2. The molecule has 0 spiro atoms. The van der Waals surface area contributed by atoms with Crippen LogP contribution in [0.5, 0.6) is 0 Å². The zero-order valence-corrected chi connectivity index (χ0v) is 10.8. The third kappa shape index (κ3) is 3.73. The monoisotopic (exact) mass is 259 g/mol. The molecule has 0 aliphatic carbocycles. The lowest BCUT2D eigenvalue weighted by atomic mass is 10.1. The molecule has 5 nitrogen and oxygen atoms in total. The number of carboxylic acids is 1. The first kappa shape index (κ1) is 14.0. The van der Waals surface area contributed by atoms with Crippen LogP contribution in [0, 0.1) is 5.92 Å². The maximum Gasteiger partial charge on any atom is 0.326 e. The average Bonchev–Trinajstić information content (AvgIpc) is 2.73. The third-order valence-corrected chi connectivity index (χ3v) is 3.85. The molecule has 1 fully saturated rings. The van der Waals surface area contributed by atoms with Crippen molar-refractivity contribution >= 4 is 28.8 Å². The molecule has 1 aliphatic heterocycles. The Morgan fingerprint density at radius 3 is 2.65 bits per heavy atom. The summed E-state index contributed by atoms with van der Waals surface area (Å²) in [6, 6.07) is -0.688. The van der Waals surface area contributed by atoms with E-state index in [1.54, 1.807) is 6.92 Å². The van der Waals surface area contributed by atoms with Gasteiger partial charge in [0.15, 0.2) is 5.12 Å². The molecule has 0 radical (unpaired) electrons. The summed E-state index contributed by atoms with van der Waals surface area (Å²) in [5.74, 6) is -1.01. The fraction of sp³-hybridized carbons (Fsp3) is 0.727. The molecule has 0 aromatic heterocycles. The van der Waals surface area contributed by atoms with Crippen LogP contribution in [-0.4, -0.2) is 45.3 Å². The summed E-state index contributed by atoms with van der Waals surface area (Å²) in [7, 11) is 0. The van der Waals surface area contributed by atoms with Crippen LogP contribution in [0.3, 0.4) is 0 Å². The normalized spacial score (nSPS) is 21.3. The summed E-state index contributed by atoms with van der Waals surface area (Å²) < 4.78 is 0. The number of aliphatic carboxylic acids is 1. The number of hydrogen-bond donors (Lipinski definition) is 1. The predicted octanol–water partition coefficient (Wildman–Crippen LogP) is 0.978. The molecule has 17 heavy (non-hydrogen) atoms. The van der Waals surface area contributed by atoms with Crippen molar-refractivity contribution in [2.75, 3.05) is 12.3 Å². The highest BCUT2D eigenvalue weighted by Crippen LogP contribution is 2.21. The van der Waals surface area contributed by atoms with Gasteiger partial charge >= 0.3 is 5.97 Å². The smallest absolute Gasteiger partial charge is 0.326 e. The van der Waals surface area contributed by atoms with Crippen LogP contribution < -0.4 is 0 Å². The van der Waals surface area contributed by atoms with Crippen molar-refractivity contribution in [3.63, 3.8) is 0 Å². The topological polar surface area (TPSA) is 74.7 Å². The molecule has 0 bridgehead atoms. The van der Waals surface area contributed by atoms with Crippen molar-refractivity contribution in [1.82, 2.24) is 4.90 Å². The highest BCUT2D eigenvalue weighted by Gasteiger charge is 2.35. The molecule has 0 aromatic rings. The minimum atomic E-state index is -0.942. The second kappa shape index (κ2) is 6.05. The van der Waals surface area contributed by atoms with E-state index in [0.717, 1.165) is 18.2 Å². The van der Waals surface area contributed by atoms with Crippen molar-refractivity contribution in [3.05, 3.63) is 0 Å². The van der Waals surface area contributed by atoms with Crippen molar-refractivity contribution < 1.29 is 19.5 Å². The fourth-order valence-electron chi connectivity index (χ4n) is 1.88. The first-order chi connectivity index (χ1) is 7.93. The number of amides is 1. The summed E-state index contributed by atoms with van der Waals surface area (Å²) in [6.45, 7) is 3.69. The van der Waals surface area contributed by atoms with E-state index in [0.29, 0.717) is 18.7 Å². The average molecular weight is 259 g/mol. The first-order valence-corrected chi connectivity index (χ1v) is 6.58. The highest BCUT2D eigenvalue weighted by molar-refractivity contribution is 8.13. The number of nitrogens with zero attached hydrogens (tertiary/aromatic N) is 1. The summed E-state index contributed by atoms with van der Waals surface area (Å²) >= 11 is 1.10. The Morgan fingerprint density at radius 2 is 2.12 bits per heavy atom. The zero-order valence-electron chi connectivity index (χ0n) is 10.0. The van der Waals surface area contributed by atoms with Gasteiger partial charge in [0, 0.05) is 25.1 Å². The summed E-state index contributed by atoms with van der Waals surface area (Å²) in [5, 5.41) is 8.95. The Bertz CT molecular complexity index is 331. The lowest BCUT2D eigenvalue weighted by Gasteiger charge is -2.24. The van der Waals surface area contributed by atoms with Crippen molar-refractivity contribution in [3.8, 4) is 0 Å². The van der Waals surface area contributed by atoms with E-state index in [1.165, 1.54) is 11.8 Å². The molecule has 0 aromatic carbocycles. The fourth-order valence-corrected chi connectivity index (χ4v) is 2.51. The number of carboxylic acid groups (broad SMARTS) is 1. The van der Waals surface area contributed by atoms with Crippen LogP contribution in [-0.2, 0) is 14.4 Å². The van der Waals surface area contributed by atoms with Gasteiger partial charge in [-0.05, 0) is 12.8 Å². The molecular formula is C11H17NO4S. The molecule has 0 saturated carbocycles. The standard InChI is InChI=1S/C11H17NO4S/c1-7(6-17-8(2)13)10(14)12-5-3-4-9(12)11(15)16/h7,9H,3-6H2,1-2H3,(H,15,16)/t7-,9+/m1/s1. The number of likely N-dealkylation sites (tertiary alicyclic amines) is 1. The van der Waals surface area contributed by atoms with Gasteiger partial charge in [-0.1, -0.05) is 18.7 Å². The molecule has 1 amide bonds. The molecule has 1 aliphatic rings. The molecule has 96 valence electrons. The summed E-state index contributed by atoms with van der Waals surface area (Å²) in [5.41, 5.74) is 0. The van der Waals surface area contributed by atoms with E-state index in [-0.39, 0.29) is 16.9 Å². The SMILES string of the molecule is CC(=O)SC[C@@H](C)C(=O)N1CCC[C@H]1C(=O)O. The van der Waals surface area contributed by atoms with Gasteiger partial charge < -0.3 is 10.0 Å². The number of hydrogen-bond acceptors (Lipinski definition) is 4. The first-order valence-electron chi connectivity index (χ1n) is 5.60. The highest BCUT2D eigenvalue weighted by atomic mass is 32.2. The van der Waals surface area contributed by atoms with E-state index in [1.807, 2.05) is 0 Å². The van der Waals surface area contributed by atoms with Crippen molar-refractivity contribution in [2.45, 2.75) is 32.7 Å². The number of rotatable bonds is 4. The van der Waals surface area contributed by atoms with Gasteiger partial charge in [0.1, 0.15) is 6.04 Å². The number of thioether (sulfide) groups is 1. The molecule has 6 heteroatoms. The van der Waals surface area contributed by atoms with Crippen LogP contribution in [0.15, 0.2) is 0 Å². The van der Waals surface area contributed by atoms with Gasteiger partial charge in [-0.25, -0.2) is 4.79 Å². The van der Waals surface area contributed by atoms with E-state index in [4.69, 9.17) is 5.11 Å². The lowest BCUT2D eigenvalue weighted by molar-refractivity contribution is -0.149. The Balaban J connectivity index is 2.56. The third-order valence-electron chi connectivity index (χ3n) is 2.78. The minimum Gasteiger partial charge on any atom is -0.480 e. The van der Waals surface area contributed by atoms with Crippen molar-refractivity contribution in [1.29, 1.82) is 0 Å². The van der Waals surface area contributed by atoms with Gasteiger partial charge in [-0.3, -0.25) is 9.59 Å². The van der Waals surface area contributed by atoms with E-state index in [2.05, 4.69) is 0 Å². The van der Waals surface area contributed by atoms with Crippen LogP contribution in [0.2, 0.25) is 0 Å². The molecule has 1 saturated heterocycles. The van der Waals surface area contributed by atoms with Gasteiger partial charge in [-0.15, -0.1) is 0 Å². The lowest BCUT2D eigenvalue weighted by Crippen LogP contribution is -2.43. The Kier molecular flexibility index (Phi) is 4.99. The zero-order chi connectivity index (χ0) is 13.0. The van der Waals surface area contributed by atoms with Crippen LogP contribution in [0.25, 0.3) is 0 Å². The molecular weight excluding hydrogens is 242 g/mol. The quantitative estimate of drug-likeness (QED) is 0.814. The Morgan fingerprint density at radius 1 is 1.47 bits per heavy atom.